The van der Waals surface area contributed by atoms with Crippen molar-refractivity contribution >= 4 is 47.3 Å². The predicted molar refractivity (Wildman–Crippen MR) is 132 cm³/mol. The van der Waals surface area contributed by atoms with Crippen LogP contribution in [0.4, 0.5) is 17.1 Å². The van der Waals surface area contributed by atoms with E-state index in [2.05, 4.69) is 28.0 Å². The van der Waals surface area contributed by atoms with E-state index in [1.54, 1.807) is 12.1 Å². The normalized spacial score (nSPS) is 13.8. The monoisotopic (exact) mass is 452 g/mol. The molecular formula is C25H25ClN2O2S. The molecule has 0 saturated carbocycles. The molecule has 4 nitrogen and oxygen atoms in total. The zero-order valence-corrected chi connectivity index (χ0v) is 19.0. The lowest BCUT2D eigenvalue weighted by atomic mass is 9.98. The summed E-state index contributed by atoms with van der Waals surface area (Å²) in [5, 5.41) is 9.77. The third kappa shape index (κ3) is 4.53. The molecule has 3 aromatic rings. The number of hydrogen-bond acceptors (Lipinski definition) is 4. The number of halogens is 1. The minimum absolute atomic E-state index is 0.106. The van der Waals surface area contributed by atoms with Crippen molar-refractivity contribution < 1.29 is 9.90 Å². The summed E-state index contributed by atoms with van der Waals surface area (Å²) < 4.78 is 0. The third-order valence-corrected chi connectivity index (χ3v) is 6.49. The number of piperidine rings is 1. The molecule has 0 bridgehead atoms. The first-order valence-electron chi connectivity index (χ1n) is 10.4. The maximum Gasteiger partial charge on any atom is 0.337 e. The highest BCUT2D eigenvalue weighted by molar-refractivity contribution is 7.80. The van der Waals surface area contributed by atoms with Crippen molar-refractivity contribution in [3.8, 4) is 11.1 Å². The first-order chi connectivity index (χ1) is 15.0. The number of aromatic carboxylic acids is 1. The number of rotatable bonds is 5. The Hall–Kier alpha value is -2.63. The lowest BCUT2D eigenvalue weighted by molar-refractivity contribution is 0.0697. The minimum Gasteiger partial charge on any atom is -0.478 e. The van der Waals surface area contributed by atoms with Crippen LogP contribution in [0.25, 0.3) is 11.1 Å². The molecule has 0 atom stereocenters. The van der Waals surface area contributed by atoms with Gasteiger partial charge in [-0.15, -0.1) is 12.6 Å². The first-order valence-corrected chi connectivity index (χ1v) is 11.2. The molecule has 0 aliphatic carbocycles. The number of anilines is 3. The standard InChI is InChI=1S/C25H25ClN2O2S/c1-27(18-8-4-2-5-9-18)23-16-22(28-12-6-3-7-13-28)19(15-24(23)31)17-10-11-21(26)20(14-17)25(29)30/h2,4-5,8-11,14-16,31H,3,6-7,12-13H2,1H3,(H,29,30). The average Bonchev–Trinajstić information content (AvgIpc) is 2.80. The first kappa shape index (κ1) is 21.6. The molecule has 0 unspecified atom stereocenters. The van der Waals surface area contributed by atoms with Gasteiger partial charge in [0, 0.05) is 42.0 Å². The van der Waals surface area contributed by atoms with Crippen LogP contribution in [0.2, 0.25) is 5.02 Å². The Labute approximate surface area is 193 Å². The molecule has 4 rings (SSSR count). The van der Waals surface area contributed by atoms with Crippen LogP contribution in [0.1, 0.15) is 29.6 Å². The molecule has 1 fully saturated rings. The van der Waals surface area contributed by atoms with Gasteiger partial charge in [-0.2, -0.15) is 0 Å². The molecule has 1 N–H and O–H groups in total. The molecular weight excluding hydrogens is 428 g/mol. The van der Waals surface area contributed by atoms with Gasteiger partial charge in [0.15, 0.2) is 0 Å². The highest BCUT2D eigenvalue weighted by atomic mass is 35.5. The predicted octanol–water partition coefficient (Wildman–Crippen LogP) is 6.75. The van der Waals surface area contributed by atoms with E-state index < -0.39 is 5.97 Å². The van der Waals surface area contributed by atoms with Crippen molar-refractivity contribution in [1.29, 1.82) is 0 Å². The summed E-state index contributed by atoms with van der Waals surface area (Å²) in [7, 11) is 2.04. The summed E-state index contributed by atoms with van der Waals surface area (Å²) in [6.07, 6.45) is 3.53. The molecule has 1 aliphatic rings. The third-order valence-electron chi connectivity index (χ3n) is 5.80. The Bertz CT molecular complexity index is 1100. The van der Waals surface area contributed by atoms with Gasteiger partial charge in [-0.25, -0.2) is 4.79 Å². The number of carbonyl (C=O) groups is 1. The smallest absolute Gasteiger partial charge is 0.337 e. The average molecular weight is 453 g/mol. The number of carboxylic acids is 1. The number of para-hydroxylation sites is 1. The number of hydrogen-bond donors (Lipinski definition) is 2. The fourth-order valence-electron chi connectivity index (χ4n) is 4.11. The summed E-state index contributed by atoms with van der Waals surface area (Å²) >= 11 is 10.9. The van der Waals surface area contributed by atoms with Gasteiger partial charge >= 0.3 is 5.97 Å². The van der Waals surface area contributed by atoms with E-state index in [-0.39, 0.29) is 10.6 Å². The van der Waals surface area contributed by atoms with Crippen LogP contribution in [0, 0.1) is 0 Å². The van der Waals surface area contributed by atoms with E-state index in [1.165, 1.54) is 6.42 Å². The number of benzene rings is 3. The topological polar surface area (TPSA) is 43.8 Å². The second-order valence-electron chi connectivity index (χ2n) is 7.80. The Balaban J connectivity index is 1.86. The molecule has 0 spiro atoms. The van der Waals surface area contributed by atoms with Crippen LogP contribution in [0.15, 0.2) is 65.6 Å². The summed E-state index contributed by atoms with van der Waals surface area (Å²) in [6.45, 7) is 1.96. The maximum absolute atomic E-state index is 11.6. The van der Waals surface area contributed by atoms with Crippen LogP contribution in [0.3, 0.4) is 0 Å². The Morgan fingerprint density at radius 1 is 1.03 bits per heavy atom. The largest absolute Gasteiger partial charge is 0.478 e. The van der Waals surface area contributed by atoms with Crippen molar-refractivity contribution in [1.82, 2.24) is 0 Å². The van der Waals surface area contributed by atoms with Crippen LogP contribution in [0.5, 0.6) is 0 Å². The van der Waals surface area contributed by atoms with Crippen LogP contribution < -0.4 is 9.80 Å². The van der Waals surface area contributed by atoms with Gasteiger partial charge in [0.1, 0.15) is 0 Å². The van der Waals surface area contributed by atoms with Crippen molar-refractivity contribution in [2.75, 3.05) is 29.9 Å². The molecule has 1 aliphatic heterocycles. The number of thiol groups is 1. The lowest BCUT2D eigenvalue weighted by Gasteiger charge is -2.33. The Morgan fingerprint density at radius 2 is 1.74 bits per heavy atom. The summed E-state index contributed by atoms with van der Waals surface area (Å²) in [4.78, 5) is 17.0. The van der Waals surface area contributed by atoms with Crippen molar-refractivity contribution in [3.05, 3.63) is 71.2 Å². The summed E-state index contributed by atoms with van der Waals surface area (Å²) in [6, 6.07) is 19.6. The van der Waals surface area contributed by atoms with E-state index in [0.717, 1.165) is 59.0 Å². The van der Waals surface area contributed by atoms with E-state index in [1.807, 2.05) is 37.4 Å². The molecule has 0 amide bonds. The van der Waals surface area contributed by atoms with Gasteiger partial charge in [-0.05, 0) is 61.2 Å². The van der Waals surface area contributed by atoms with Gasteiger partial charge in [-0.1, -0.05) is 35.9 Å². The molecule has 3 aromatic carbocycles. The fourth-order valence-corrected chi connectivity index (χ4v) is 4.65. The van der Waals surface area contributed by atoms with E-state index in [4.69, 9.17) is 24.2 Å². The quantitative estimate of drug-likeness (QED) is 0.420. The molecule has 31 heavy (non-hydrogen) atoms. The van der Waals surface area contributed by atoms with Crippen molar-refractivity contribution in [2.24, 2.45) is 0 Å². The van der Waals surface area contributed by atoms with Crippen LogP contribution in [-0.4, -0.2) is 31.2 Å². The van der Waals surface area contributed by atoms with E-state index in [9.17, 15) is 9.90 Å². The molecule has 160 valence electrons. The molecule has 6 heteroatoms. The second-order valence-corrected chi connectivity index (χ2v) is 8.69. The number of nitrogens with zero attached hydrogens (tertiary/aromatic N) is 2. The molecule has 0 radical (unpaired) electrons. The fraction of sp³-hybridized carbons (Fsp3) is 0.240. The van der Waals surface area contributed by atoms with Crippen molar-refractivity contribution in [3.63, 3.8) is 0 Å². The Kier molecular flexibility index (Phi) is 6.44. The summed E-state index contributed by atoms with van der Waals surface area (Å²) in [5.74, 6) is -1.03. The highest BCUT2D eigenvalue weighted by Crippen LogP contribution is 2.41. The Morgan fingerprint density at radius 3 is 2.42 bits per heavy atom. The molecule has 0 aromatic heterocycles. The second kappa shape index (κ2) is 9.25. The van der Waals surface area contributed by atoms with Gasteiger partial charge in [0.25, 0.3) is 0 Å². The summed E-state index contributed by atoms with van der Waals surface area (Å²) in [5.41, 5.74) is 5.08. The SMILES string of the molecule is CN(c1ccccc1)c1cc(N2CCCCC2)c(-c2ccc(Cl)c(C(=O)O)c2)cc1S. The van der Waals surface area contributed by atoms with Gasteiger partial charge < -0.3 is 14.9 Å². The van der Waals surface area contributed by atoms with E-state index >= 15 is 0 Å². The molecule has 1 heterocycles. The van der Waals surface area contributed by atoms with Crippen LogP contribution in [-0.2, 0) is 0 Å². The zero-order chi connectivity index (χ0) is 22.0. The van der Waals surface area contributed by atoms with Crippen LogP contribution >= 0.6 is 24.2 Å². The van der Waals surface area contributed by atoms with E-state index in [0.29, 0.717) is 0 Å². The maximum atomic E-state index is 11.6. The minimum atomic E-state index is -1.03. The lowest BCUT2D eigenvalue weighted by Crippen LogP contribution is -2.30. The van der Waals surface area contributed by atoms with Gasteiger partial charge in [0.2, 0.25) is 0 Å². The van der Waals surface area contributed by atoms with Gasteiger partial charge in [0.05, 0.1) is 16.3 Å². The zero-order valence-electron chi connectivity index (χ0n) is 17.4. The number of carboxylic acid groups (broad SMARTS) is 1. The van der Waals surface area contributed by atoms with Gasteiger partial charge in [-0.3, -0.25) is 0 Å². The highest BCUT2D eigenvalue weighted by Gasteiger charge is 2.21. The molecule has 1 saturated heterocycles. The van der Waals surface area contributed by atoms with Crippen molar-refractivity contribution in [2.45, 2.75) is 24.2 Å².